The number of hydrogen-bond donors (Lipinski definition) is 2. The Hall–Kier alpha value is -1.82. The summed E-state index contributed by atoms with van der Waals surface area (Å²) in [6.45, 7) is 5.84. The number of aryl methyl sites for hydroxylation is 2. The third-order valence-corrected chi connectivity index (χ3v) is 5.60. The first-order valence-electron chi connectivity index (χ1n) is 9.15. The molecule has 0 spiro atoms. The lowest BCUT2D eigenvalue weighted by Crippen LogP contribution is -2.47. The number of halogens is 1. The van der Waals surface area contributed by atoms with Crippen LogP contribution in [0, 0.1) is 0 Å². The van der Waals surface area contributed by atoms with Crippen LogP contribution in [0.1, 0.15) is 57.1 Å². The normalized spacial score (nSPS) is 17.7. The summed E-state index contributed by atoms with van der Waals surface area (Å²) in [5, 5.41) is 2.89. The van der Waals surface area contributed by atoms with E-state index in [1.54, 1.807) is 0 Å². The number of nitrogens with zero attached hydrogens (tertiary/aromatic N) is 1. The van der Waals surface area contributed by atoms with E-state index in [2.05, 4.69) is 44.4 Å². The van der Waals surface area contributed by atoms with Gasteiger partial charge in [0.25, 0.3) is 0 Å². The van der Waals surface area contributed by atoms with Gasteiger partial charge in [0, 0.05) is 21.3 Å². The van der Waals surface area contributed by atoms with Crippen LogP contribution < -0.4 is 5.32 Å². The highest BCUT2D eigenvalue weighted by Crippen LogP contribution is 2.45. The molecule has 1 heterocycles. The molecule has 1 aromatic heterocycles. The van der Waals surface area contributed by atoms with Gasteiger partial charge >= 0.3 is 6.09 Å². The number of ether oxygens (including phenoxy) is 1. The number of aromatic amines is 1. The van der Waals surface area contributed by atoms with Crippen LogP contribution in [0.2, 0.25) is 0 Å². The molecule has 26 heavy (non-hydrogen) atoms. The standard InChI is InChI=1S/C20H24BrN3O2/c1-19(2,3)24-18(25)26-20(9-4-10-20)17-22-15-8-5-12-11-13(21)6-7-14(12)16(15)23-17/h6-7,11H,4-5,8-10H2,1-3H3,(H,22,23)(H,24,25). The number of amides is 1. The van der Waals surface area contributed by atoms with E-state index in [9.17, 15) is 4.79 Å². The molecule has 1 aromatic carbocycles. The second kappa shape index (κ2) is 6.12. The Bertz CT molecular complexity index is 862. The Balaban J connectivity index is 1.64. The van der Waals surface area contributed by atoms with Gasteiger partial charge in [-0.2, -0.15) is 0 Å². The van der Waals surface area contributed by atoms with Crippen LogP contribution in [-0.2, 0) is 23.2 Å². The molecule has 5 nitrogen and oxygen atoms in total. The minimum Gasteiger partial charge on any atom is -0.435 e. The van der Waals surface area contributed by atoms with Crippen molar-refractivity contribution in [1.29, 1.82) is 0 Å². The Morgan fingerprint density at radius 1 is 1.31 bits per heavy atom. The van der Waals surface area contributed by atoms with Crippen molar-refractivity contribution in [2.45, 2.75) is 64.0 Å². The SMILES string of the molecule is CC(C)(C)NC(=O)OC1(c2nc3c([nH]2)CCc2cc(Br)ccc2-3)CCC1. The van der Waals surface area contributed by atoms with Crippen molar-refractivity contribution in [3.63, 3.8) is 0 Å². The van der Waals surface area contributed by atoms with Crippen molar-refractivity contribution >= 4 is 22.0 Å². The summed E-state index contributed by atoms with van der Waals surface area (Å²) in [6.07, 6.45) is 4.19. The van der Waals surface area contributed by atoms with E-state index in [0.717, 1.165) is 53.8 Å². The number of aromatic nitrogens is 2. The molecule has 0 aliphatic heterocycles. The van der Waals surface area contributed by atoms with E-state index in [-0.39, 0.29) is 11.6 Å². The average Bonchev–Trinajstić information content (AvgIpc) is 2.93. The zero-order valence-corrected chi connectivity index (χ0v) is 17.0. The first-order chi connectivity index (χ1) is 12.3. The van der Waals surface area contributed by atoms with Gasteiger partial charge in [0.1, 0.15) is 0 Å². The summed E-state index contributed by atoms with van der Waals surface area (Å²) in [6, 6.07) is 6.33. The number of alkyl carbamates (subject to hydrolysis) is 1. The molecule has 0 radical (unpaired) electrons. The number of nitrogens with one attached hydrogen (secondary N) is 2. The smallest absolute Gasteiger partial charge is 0.408 e. The predicted octanol–water partition coefficient (Wildman–Crippen LogP) is 4.84. The molecule has 4 rings (SSSR count). The van der Waals surface area contributed by atoms with Gasteiger partial charge in [-0.05, 0) is 70.6 Å². The summed E-state index contributed by atoms with van der Waals surface area (Å²) in [5.41, 5.74) is 3.67. The van der Waals surface area contributed by atoms with E-state index in [1.165, 1.54) is 11.1 Å². The number of imidazole rings is 1. The lowest BCUT2D eigenvalue weighted by atomic mass is 9.79. The van der Waals surface area contributed by atoms with Crippen LogP contribution in [0.25, 0.3) is 11.3 Å². The highest BCUT2D eigenvalue weighted by atomic mass is 79.9. The molecule has 2 aromatic rings. The molecular formula is C20H24BrN3O2. The second-order valence-corrected chi connectivity index (χ2v) is 9.24. The fourth-order valence-corrected chi connectivity index (χ4v) is 4.09. The summed E-state index contributed by atoms with van der Waals surface area (Å²) in [7, 11) is 0. The summed E-state index contributed by atoms with van der Waals surface area (Å²) >= 11 is 3.55. The van der Waals surface area contributed by atoms with Crippen LogP contribution >= 0.6 is 15.9 Å². The van der Waals surface area contributed by atoms with Gasteiger partial charge in [-0.15, -0.1) is 0 Å². The van der Waals surface area contributed by atoms with Crippen molar-refractivity contribution in [1.82, 2.24) is 15.3 Å². The van der Waals surface area contributed by atoms with Gasteiger partial charge in [0.15, 0.2) is 11.4 Å². The number of carbonyl (C=O) groups is 1. The number of hydrogen-bond acceptors (Lipinski definition) is 3. The zero-order valence-electron chi connectivity index (χ0n) is 15.4. The van der Waals surface area contributed by atoms with Crippen LogP contribution in [0.15, 0.2) is 22.7 Å². The number of rotatable bonds is 2. The predicted molar refractivity (Wildman–Crippen MR) is 104 cm³/mol. The van der Waals surface area contributed by atoms with Gasteiger partial charge in [-0.25, -0.2) is 9.78 Å². The third-order valence-electron chi connectivity index (χ3n) is 5.10. The van der Waals surface area contributed by atoms with Crippen molar-refractivity contribution < 1.29 is 9.53 Å². The maximum atomic E-state index is 12.3. The second-order valence-electron chi connectivity index (χ2n) is 8.33. The van der Waals surface area contributed by atoms with Crippen molar-refractivity contribution in [2.75, 3.05) is 0 Å². The number of fused-ring (bicyclic) bond motifs is 3. The van der Waals surface area contributed by atoms with Crippen LogP contribution in [-0.4, -0.2) is 21.6 Å². The van der Waals surface area contributed by atoms with Gasteiger partial charge < -0.3 is 15.0 Å². The van der Waals surface area contributed by atoms with Crippen molar-refractivity contribution in [3.8, 4) is 11.3 Å². The molecule has 0 bridgehead atoms. The van der Waals surface area contributed by atoms with Crippen molar-refractivity contribution in [2.24, 2.45) is 0 Å². The summed E-state index contributed by atoms with van der Waals surface area (Å²) < 4.78 is 6.96. The minimum absolute atomic E-state index is 0.323. The Labute approximate surface area is 162 Å². The Morgan fingerprint density at radius 2 is 2.08 bits per heavy atom. The van der Waals surface area contributed by atoms with E-state index in [1.807, 2.05) is 20.8 Å². The summed E-state index contributed by atoms with van der Waals surface area (Å²) in [4.78, 5) is 20.7. The Kier molecular flexibility index (Phi) is 4.14. The quantitative estimate of drug-likeness (QED) is 0.734. The number of carbonyl (C=O) groups excluding carboxylic acids is 1. The van der Waals surface area contributed by atoms with Crippen LogP contribution in [0.4, 0.5) is 4.79 Å². The van der Waals surface area contributed by atoms with Gasteiger partial charge in [0.05, 0.1) is 5.69 Å². The first-order valence-corrected chi connectivity index (χ1v) is 9.94. The fraction of sp³-hybridized carbons (Fsp3) is 0.500. The molecule has 6 heteroatoms. The molecule has 2 aliphatic carbocycles. The lowest BCUT2D eigenvalue weighted by molar-refractivity contribution is -0.0610. The molecule has 1 amide bonds. The molecule has 0 unspecified atom stereocenters. The van der Waals surface area contributed by atoms with Crippen LogP contribution in [0.3, 0.4) is 0 Å². The number of benzene rings is 1. The molecule has 138 valence electrons. The molecule has 0 saturated heterocycles. The molecular weight excluding hydrogens is 394 g/mol. The highest BCUT2D eigenvalue weighted by molar-refractivity contribution is 9.10. The van der Waals surface area contributed by atoms with Crippen molar-refractivity contribution in [3.05, 3.63) is 39.8 Å². The Morgan fingerprint density at radius 3 is 2.73 bits per heavy atom. The maximum Gasteiger partial charge on any atom is 0.408 e. The molecule has 2 aliphatic rings. The van der Waals surface area contributed by atoms with E-state index in [0.29, 0.717) is 0 Å². The molecule has 1 saturated carbocycles. The highest BCUT2D eigenvalue weighted by Gasteiger charge is 2.46. The molecule has 0 atom stereocenters. The van der Waals surface area contributed by atoms with E-state index < -0.39 is 5.60 Å². The number of H-pyrrole nitrogens is 1. The lowest BCUT2D eigenvalue weighted by Gasteiger charge is -2.39. The summed E-state index contributed by atoms with van der Waals surface area (Å²) in [5.74, 6) is 0.786. The van der Waals surface area contributed by atoms with Crippen LogP contribution in [0.5, 0.6) is 0 Å². The van der Waals surface area contributed by atoms with E-state index in [4.69, 9.17) is 9.72 Å². The minimum atomic E-state index is -0.623. The zero-order chi connectivity index (χ0) is 18.5. The largest absolute Gasteiger partial charge is 0.435 e. The molecule has 1 fully saturated rings. The van der Waals surface area contributed by atoms with Gasteiger partial charge in [-0.1, -0.05) is 22.0 Å². The van der Waals surface area contributed by atoms with E-state index >= 15 is 0 Å². The molecule has 2 N–H and O–H groups in total. The van der Waals surface area contributed by atoms with Gasteiger partial charge in [-0.3, -0.25) is 0 Å². The first kappa shape index (κ1) is 17.6. The average molecular weight is 418 g/mol. The fourth-order valence-electron chi connectivity index (χ4n) is 3.68. The maximum absolute atomic E-state index is 12.3. The topological polar surface area (TPSA) is 67.0 Å². The monoisotopic (exact) mass is 417 g/mol. The third kappa shape index (κ3) is 3.15. The van der Waals surface area contributed by atoms with Gasteiger partial charge in [0.2, 0.25) is 0 Å².